The zero-order valence-corrected chi connectivity index (χ0v) is 22.0. The number of anilines is 1. The Hall–Kier alpha value is -2.41. The molecule has 7 nitrogen and oxygen atoms in total. The summed E-state index contributed by atoms with van der Waals surface area (Å²) in [6.45, 7) is 2.78. The molecule has 1 heterocycles. The maximum atomic E-state index is 15.0. The summed E-state index contributed by atoms with van der Waals surface area (Å²) < 4.78 is 92.9. The van der Waals surface area contributed by atoms with E-state index in [4.69, 9.17) is 11.6 Å². The molecule has 0 aliphatic heterocycles. The molecule has 0 radical (unpaired) electrons. The number of nitrogens with zero attached hydrogens (tertiary/aromatic N) is 2. The second-order valence-corrected chi connectivity index (χ2v) is 11.9. The van der Waals surface area contributed by atoms with Gasteiger partial charge in [-0.05, 0) is 57.6 Å². The van der Waals surface area contributed by atoms with Crippen LogP contribution in [0.1, 0.15) is 50.0 Å². The molecule has 2 N–H and O–H groups in total. The van der Waals surface area contributed by atoms with Crippen molar-refractivity contribution >= 4 is 33.0 Å². The Balaban J connectivity index is 1.79. The number of carbonyl (C=O) groups is 1. The van der Waals surface area contributed by atoms with E-state index in [1.54, 1.807) is 6.92 Å². The van der Waals surface area contributed by atoms with Gasteiger partial charge in [-0.1, -0.05) is 11.6 Å². The summed E-state index contributed by atoms with van der Waals surface area (Å²) in [6.07, 6.45) is -1.18. The Morgan fingerprint density at radius 1 is 1.19 bits per heavy atom. The maximum absolute atomic E-state index is 15.0. The molecule has 1 aromatic carbocycles. The molecule has 1 fully saturated rings. The number of alkyl halides is 3. The Morgan fingerprint density at radius 2 is 1.76 bits per heavy atom. The first-order chi connectivity index (χ1) is 17.1. The molecule has 1 atom stereocenters. The molecule has 1 amide bonds. The Kier molecular flexibility index (Phi) is 8.78. The SMILES string of the molecule is CCn1nc(C(=O)NCC2CCC(S(C)(=O)=O)CC2)c(Cl)c1-c1c(F)cc(NC(C)C(F)(F)F)cc1F. The molecule has 14 heteroatoms. The van der Waals surface area contributed by atoms with Crippen molar-refractivity contribution in [2.24, 2.45) is 5.92 Å². The number of amides is 1. The van der Waals surface area contributed by atoms with Crippen LogP contribution < -0.4 is 10.6 Å². The molecule has 2 aromatic rings. The zero-order chi connectivity index (χ0) is 27.7. The second kappa shape index (κ2) is 11.1. The lowest BCUT2D eigenvalue weighted by Gasteiger charge is -2.27. The van der Waals surface area contributed by atoms with Crippen molar-refractivity contribution in [3.8, 4) is 11.3 Å². The van der Waals surface area contributed by atoms with Crippen molar-refractivity contribution < 1.29 is 35.2 Å². The van der Waals surface area contributed by atoms with Gasteiger partial charge in [0.2, 0.25) is 0 Å². The summed E-state index contributed by atoms with van der Waals surface area (Å²) in [5, 5.41) is 8.11. The first kappa shape index (κ1) is 29.2. The number of aromatic nitrogens is 2. The summed E-state index contributed by atoms with van der Waals surface area (Å²) in [5.41, 5.74) is -1.50. The minimum Gasteiger partial charge on any atom is -0.374 e. The molecule has 206 valence electrons. The van der Waals surface area contributed by atoms with Crippen LogP contribution in [0.5, 0.6) is 0 Å². The Labute approximate surface area is 216 Å². The smallest absolute Gasteiger partial charge is 0.374 e. The van der Waals surface area contributed by atoms with Crippen LogP contribution in [-0.2, 0) is 16.4 Å². The molecule has 0 spiro atoms. The van der Waals surface area contributed by atoms with Gasteiger partial charge in [-0.3, -0.25) is 9.48 Å². The molecule has 1 unspecified atom stereocenters. The van der Waals surface area contributed by atoms with Crippen molar-refractivity contribution in [3.63, 3.8) is 0 Å². The van der Waals surface area contributed by atoms with Crippen LogP contribution in [-0.4, -0.2) is 54.4 Å². The minimum atomic E-state index is -4.62. The minimum absolute atomic E-state index is 0.0579. The summed E-state index contributed by atoms with van der Waals surface area (Å²) in [4.78, 5) is 12.8. The number of halogens is 6. The molecule has 3 rings (SSSR count). The van der Waals surface area contributed by atoms with E-state index >= 15 is 0 Å². The van der Waals surface area contributed by atoms with Crippen LogP contribution in [0.3, 0.4) is 0 Å². The average Bonchev–Trinajstić information content (AvgIpc) is 3.12. The van der Waals surface area contributed by atoms with Crippen molar-refractivity contribution in [3.05, 3.63) is 34.5 Å². The molecular formula is C23H28ClF5N4O3S. The van der Waals surface area contributed by atoms with Crippen LogP contribution in [0.25, 0.3) is 11.3 Å². The van der Waals surface area contributed by atoms with E-state index in [9.17, 15) is 35.2 Å². The average molecular weight is 571 g/mol. The van der Waals surface area contributed by atoms with Crippen molar-refractivity contribution in [1.29, 1.82) is 0 Å². The van der Waals surface area contributed by atoms with Gasteiger partial charge in [-0.25, -0.2) is 17.2 Å². The molecule has 0 bridgehead atoms. The van der Waals surface area contributed by atoms with Crippen LogP contribution in [0.15, 0.2) is 12.1 Å². The Morgan fingerprint density at radius 3 is 2.24 bits per heavy atom. The summed E-state index contributed by atoms with van der Waals surface area (Å²) in [5.74, 6) is -2.96. The molecule has 1 saturated carbocycles. The number of hydrogen-bond acceptors (Lipinski definition) is 5. The molecule has 0 saturated heterocycles. The third-order valence-corrected chi connectivity index (χ3v) is 8.55. The standard InChI is InChI=1S/C23H28ClF5N4O3S/c1-4-33-21(18-16(25)9-14(10-17(18)26)31-12(2)23(27,28)29)19(24)20(32-33)22(34)30-11-13-5-7-15(8-6-13)37(3,35)36/h9-10,12-13,15,31H,4-8,11H2,1-3H3,(H,30,34). The topological polar surface area (TPSA) is 93.1 Å². The number of benzene rings is 1. The lowest BCUT2D eigenvalue weighted by atomic mass is 9.89. The van der Waals surface area contributed by atoms with Gasteiger partial charge in [-0.15, -0.1) is 0 Å². The van der Waals surface area contributed by atoms with Gasteiger partial charge in [0, 0.05) is 25.0 Å². The second-order valence-electron chi connectivity index (χ2n) is 9.23. The van der Waals surface area contributed by atoms with Gasteiger partial charge in [0.25, 0.3) is 5.91 Å². The Bertz CT molecular complexity index is 1230. The first-order valence-electron chi connectivity index (χ1n) is 11.7. The monoisotopic (exact) mass is 570 g/mol. The number of carbonyl (C=O) groups excluding carboxylic acids is 1. The van der Waals surface area contributed by atoms with Crippen LogP contribution in [0.2, 0.25) is 5.02 Å². The maximum Gasteiger partial charge on any atom is 0.408 e. The van der Waals surface area contributed by atoms with E-state index in [1.165, 1.54) is 6.26 Å². The van der Waals surface area contributed by atoms with Crippen molar-refractivity contribution in [2.45, 2.75) is 63.5 Å². The lowest BCUT2D eigenvalue weighted by molar-refractivity contribution is -0.138. The van der Waals surface area contributed by atoms with Gasteiger partial charge in [-0.2, -0.15) is 18.3 Å². The third-order valence-electron chi connectivity index (χ3n) is 6.51. The molecule has 37 heavy (non-hydrogen) atoms. The van der Waals surface area contributed by atoms with Gasteiger partial charge < -0.3 is 10.6 Å². The number of aryl methyl sites for hydroxylation is 1. The van der Waals surface area contributed by atoms with Gasteiger partial charge in [0.1, 0.15) is 27.5 Å². The van der Waals surface area contributed by atoms with Gasteiger partial charge >= 0.3 is 6.18 Å². The normalized spacial score (nSPS) is 19.5. The van der Waals surface area contributed by atoms with Crippen molar-refractivity contribution in [1.82, 2.24) is 15.1 Å². The van der Waals surface area contributed by atoms with E-state index in [0.717, 1.165) is 23.7 Å². The van der Waals surface area contributed by atoms with Gasteiger partial charge in [0.15, 0.2) is 5.69 Å². The predicted molar refractivity (Wildman–Crippen MR) is 130 cm³/mol. The van der Waals surface area contributed by atoms with E-state index in [-0.39, 0.29) is 40.7 Å². The summed E-state index contributed by atoms with van der Waals surface area (Å²) in [6, 6.07) is -0.605. The van der Waals surface area contributed by atoms with E-state index < -0.39 is 50.8 Å². The highest BCUT2D eigenvalue weighted by atomic mass is 35.5. The molecular weight excluding hydrogens is 543 g/mol. The predicted octanol–water partition coefficient (Wildman–Crippen LogP) is 5.20. The highest BCUT2D eigenvalue weighted by Crippen LogP contribution is 2.37. The fourth-order valence-electron chi connectivity index (χ4n) is 4.35. The van der Waals surface area contributed by atoms with Crippen LogP contribution in [0.4, 0.5) is 27.6 Å². The summed E-state index contributed by atoms with van der Waals surface area (Å²) in [7, 11) is -3.12. The zero-order valence-electron chi connectivity index (χ0n) is 20.4. The number of hydrogen-bond donors (Lipinski definition) is 2. The fourth-order valence-corrected chi connectivity index (χ4v) is 5.80. The molecule has 1 aliphatic rings. The number of nitrogens with one attached hydrogen (secondary N) is 2. The fraction of sp³-hybridized carbons (Fsp3) is 0.565. The van der Waals surface area contributed by atoms with E-state index in [2.05, 4.69) is 10.4 Å². The van der Waals surface area contributed by atoms with Crippen LogP contribution in [0, 0.1) is 17.6 Å². The highest BCUT2D eigenvalue weighted by Gasteiger charge is 2.36. The quantitative estimate of drug-likeness (QED) is 0.426. The van der Waals surface area contributed by atoms with Crippen LogP contribution >= 0.6 is 11.6 Å². The molecule has 1 aliphatic carbocycles. The van der Waals surface area contributed by atoms with E-state index in [0.29, 0.717) is 25.7 Å². The van der Waals surface area contributed by atoms with Crippen molar-refractivity contribution in [2.75, 3.05) is 18.1 Å². The highest BCUT2D eigenvalue weighted by molar-refractivity contribution is 7.91. The lowest BCUT2D eigenvalue weighted by Crippen LogP contribution is -2.34. The largest absolute Gasteiger partial charge is 0.408 e. The van der Waals surface area contributed by atoms with E-state index in [1.807, 2.05) is 5.32 Å². The van der Waals surface area contributed by atoms with Gasteiger partial charge in [0.05, 0.1) is 21.5 Å². The number of sulfone groups is 1. The molecule has 1 aromatic heterocycles. The third kappa shape index (κ3) is 6.73. The first-order valence-corrected chi connectivity index (χ1v) is 14.0. The number of rotatable bonds is 8. The summed E-state index contributed by atoms with van der Waals surface area (Å²) >= 11 is 6.35.